The molecular formula is C27H34NOP. The van der Waals surface area contributed by atoms with Crippen LogP contribution >= 0.6 is 7.14 Å². The van der Waals surface area contributed by atoms with Crippen LogP contribution in [0.25, 0.3) is 22.2 Å². The molecule has 30 heavy (non-hydrogen) atoms. The lowest BCUT2D eigenvalue weighted by atomic mass is 9.99. The number of benzene rings is 2. The summed E-state index contributed by atoms with van der Waals surface area (Å²) in [4.78, 5) is 0. The molecule has 0 unspecified atom stereocenters. The van der Waals surface area contributed by atoms with Gasteiger partial charge in [0.2, 0.25) is 0 Å². The minimum Gasteiger partial charge on any atom is -0.344 e. The van der Waals surface area contributed by atoms with Gasteiger partial charge in [0.05, 0.1) is 0 Å². The molecule has 0 radical (unpaired) electrons. The second-order valence-electron chi connectivity index (χ2n) is 9.46. The molecule has 2 aliphatic rings. The molecule has 2 saturated carbocycles. The molecule has 2 aromatic carbocycles. The second-order valence-corrected chi connectivity index (χ2v) is 12.8. The summed E-state index contributed by atoms with van der Waals surface area (Å²) in [6.45, 7) is 0. The summed E-state index contributed by atoms with van der Waals surface area (Å²) < 4.78 is 17.5. The quantitative estimate of drug-likeness (QED) is 0.401. The number of fused-ring (bicyclic) bond motifs is 1. The van der Waals surface area contributed by atoms with Gasteiger partial charge in [-0.15, -0.1) is 0 Å². The van der Waals surface area contributed by atoms with E-state index in [-0.39, 0.29) is 0 Å². The molecule has 0 saturated heterocycles. The lowest BCUT2D eigenvalue weighted by Crippen LogP contribution is -2.30. The first-order chi connectivity index (χ1) is 14.7. The number of rotatable bonds is 4. The van der Waals surface area contributed by atoms with Crippen molar-refractivity contribution in [1.29, 1.82) is 0 Å². The van der Waals surface area contributed by atoms with E-state index in [0.29, 0.717) is 11.3 Å². The van der Waals surface area contributed by atoms with E-state index >= 15 is 4.57 Å². The van der Waals surface area contributed by atoms with Gasteiger partial charge in [-0.25, -0.2) is 0 Å². The Morgan fingerprint density at radius 1 is 0.767 bits per heavy atom. The summed E-state index contributed by atoms with van der Waals surface area (Å²) in [6, 6.07) is 19.6. The number of para-hydroxylation sites is 1. The predicted octanol–water partition coefficient (Wildman–Crippen LogP) is 7.50. The zero-order chi connectivity index (χ0) is 20.6. The summed E-state index contributed by atoms with van der Waals surface area (Å²) in [5.41, 5.74) is 4.41. The third kappa shape index (κ3) is 3.38. The maximum Gasteiger partial charge on any atom is 0.122 e. The van der Waals surface area contributed by atoms with Crippen molar-refractivity contribution in [3.8, 4) is 11.3 Å². The van der Waals surface area contributed by atoms with Gasteiger partial charge in [-0.05, 0) is 37.8 Å². The molecule has 0 amide bonds. The van der Waals surface area contributed by atoms with Gasteiger partial charge in [0.25, 0.3) is 0 Å². The van der Waals surface area contributed by atoms with Gasteiger partial charge in [0, 0.05) is 45.8 Å². The summed E-state index contributed by atoms with van der Waals surface area (Å²) >= 11 is 0. The van der Waals surface area contributed by atoms with Crippen molar-refractivity contribution in [2.24, 2.45) is 7.05 Å². The molecule has 0 bridgehead atoms. The number of nitrogens with zero attached hydrogens (tertiary/aromatic N) is 1. The number of aryl methyl sites for hydroxylation is 1. The molecule has 1 aromatic heterocycles. The highest BCUT2D eigenvalue weighted by Crippen LogP contribution is 2.62. The van der Waals surface area contributed by atoms with Gasteiger partial charge < -0.3 is 9.13 Å². The van der Waals surface area contributed by atoms with E-state index in [0.717, 1.165) is 25.7 Å². The number of hydrogen-bond donors (Lipinski definition) is 0. The molecule has 0 atom stereocenters. The normalized spacial score (nSPS) is 19.4. The Bertz CT molecular complexity index is 1050. The molecule has 0 N–H and O–H groups in total. The molecule has 2 aliphatic carbocycles. The zero-order valence-corrected chi connectivity index (χ0v) is 19.1. The van der Waals surface area contributed by atoms with Crippen LogP contribution in [0.5, 0.6) is 0 Å². The van der Waals surface area contributed by atoms with Gasteiger partial charge in [0.15, 0.2) is 0 Å². The van der Waals surface area contributed by atoms with Gasteiger partial charge in [-0.1, -0.05) is 81.0 Å². The zero-order valence-electron chi connectivity index (χ0n) is 18.2. The summed E-state index contributed by atoms with van der Waals surface area (Å²) in [5, 5.41) is 2.43. The highest BCUT2D eigenvalue weighted by Gasteiger charge is 2.43. The third-order valence-electron chi connectivity index (χ3n) is 7.74. The van der Waals surface area contributed by atoms with Gasteiger partial charge in [-0.2, -0.15) is 0 Å². The molecule has 0 aliphatic heterocycles. The third-order valence-corrected chi connectivity index (χ3v) is 12.1. The van der Waals surface area contributed by atoms with Crippen LogP contribution in [-0.4, -0.2) is 15.9 Å². The highest BCUT2D eigenvalue weighted by atomic mass is 31.2. The first-order valence-corrected chi connectivity index (χ1v) is 13.8. The highest BCUT2D eigenvalue weighted by molar-refractivity contribution is 7.73. The van der Waals surface area contributed by atoms with Crippen LogP contribution in [0.15, 0.2) is 54.6 Å². The van der Waals surface area contributed by atoms with E-state index in [1.54, 1.807) is 0 Å². The van der Waals surface area contributed by atoms with E-state index in [2.05, 4.69) is 66.2 Å². The molecule has 5 rings (SSSR count). The van der Waals surface area contributed by atoms with Crippen molar-refractivity contribution in [3.05, 3.63) is 54.6 Å². The van der Waals surface area contributed by atoms with Crippen molar-refractivity contribution in [2.75, 3.05) is 0 Å². The summed E-state index contributed by atoms with van der Waals surface area (Å²) in [7, 11) is -0.349. The van der Waals surface area contributed by atoms with E-state index in [1.165, 1.54) is 66.0 Å². The molecule has 3 heteroatoms. The van der Waals surface area contributed by atoms with Crippen LogP contribution in [0.1, 0.15) is 64.2 Å². The average Bonchev–Trinajstić information content (AvgIpc) is 3.16. The molecule has 3 aromatic rings. The van der Waals surface area contributed by atoms with Crippen LogP contribution in [0.2, 0.25) is 0 Å². The van der Waals surface area contributed by atoms with E-state index in [1.807, 2.05) is 0 Å². The minimum absolute atomic E-state index is 0.380. The van der Waals surface area contributed by atoms with Crippen LogP contribution in [0.4, 0.5) is 0 Å². The fraction of sp³-hybridized carbons (Fsp3) is 0.481. The smallest absolute Gasteiger partial charge is 0.122 e. The Morgan fingerprint density at radius 2 is 1.33 bits per heavy atom. The monoisotopic (exact) mass is 419 g/mol. The fourth-order valence-corrected chi connectivity index (χ4v) is 10.7. The Kier molecular flexibility index (Phi) is 5.63. The molecular weight excluding hydrogens is 385 g/mol. The van der Waals surface area contributed by atoms with Crippen molar-refractivity contribution < 1.29 is 4.57 Å². The molecule has 1 heterocycles. The van der Waals surface area contributed by atoms with Gasteiger partial charge >= 0.3 is 0 Å². The number of aromatic nitrogens is 1. The first-order valence-electron chi connectivity index (χ1n) is 11.9. The maximum absolute atomic E-state index is 15.2. The van der Waals surface area contributed by atoms with Crippen molar-refractivity contribution >= 4 is 23.3 Å². The Balaban J connectivity index is 1.68. The first kappa shape index (κ1) is 20.1. The number of hydrogen-bond acceptors (Lipinski definition) is 1. The van der Waals surface area contributed by atoms with Crippen molar-refractivity contribution in [2.45, 2.75) is 75.5 Å². The van der Waals surface area contributed by atoms with E-state index < -0.39 is 7.14 Å². The Morgan fingerprint density at radius 3 is 1.97 bits per heavy atom. The SMILES string of the molecule is Cn1c(-c2ccccc2P(=O)(C2CCCCC2)C2CCCCC2)cc2ccccc21. The average molecular weight is 420 g/mol. The standard InChI is InChI=1S/C27H34NOP/c1-28-25-18-10-8-12-21(25)20-26(28)24-17-9-11-19-27(24)30(29,22-13-4-2-5-14-22)23-15-6-3-7-16-23/h8-12,17-20,22-23H,2-7,13-16H2,1H3. The second kappa shape index (κ2) is 8.39. The largest absolute Gasteiger partial charge is 0.344 e. The van der Waals surface area contributed by atoms with Gasteiger partial charge in [-0.3, -0.25) is 0 Å². The molecule has 0 spiro atoms. The topological polar surface area (TPSA) is 22.0 Å². The molecule has 2 fully saturated rings. The molecule has 2 nitrogen and oxygen atoms in total. The maximum atomic E-state index is 15.2. The summed E-state index contributed by atoms with van der Waals surface area (Å²) in [5.74, 6) is 0. The Hall–Kier alpha value is -1.79. The Labute approximate surface area is 181 Å². The molecule has 158 valence electrons. The van der Waals surface area contributed by atoms with E-state index in [9.17, 15) is 0 Å². The lowest BCUT2D eigenvalue weighted by Gasteiger charge is -2.39. The summed E-state index contributed by atoms with van der Waals surface area (Å²) in [6.07, 6.45) is 12.2. The fourth-order valence-electron chi connectivity index (χ4n) is 6.16. The minimum atomic E-state index is -2.50. The van der Waals surface area contributed by atoms with Crippen LogP contribution in [-0.2, 0) is 11.6 Å². The van der Waals surface area contributed by atoms with Crippen molar-refractivity contribution in [3.63, 3.8) is 0 Å². The lowest BCUT2D eigenvalue weighted by molar-refractivity contribution is 0.453. The van der Waals surface area contributed by atoms with Crippen LogP contribution in [0.3, 0.4) is 0 Å². The van der Waals surface area contributed by atoms with Gasteiger partial charge in [0.1, 0.15) is 7.14 Å². The van der Waals surface area contributed by atoms with Crippen LogP contribution < -0.4 is 5.30 Å². The van der Waals surface area contributed by atoms with E-state index in [4.69, 9.17) is 0 Å². The van der Waals surface area contributed by atoms with Crippen molar-refractivity contribution in [1.82, 2.24) is 4.57 Å². The van der Waals surface area contributed by atoms with Crippen LogP contribution in [0, 0.1) is 0 Å². The predicted molar refractivity (Wildman–Crippen MR) is 129 cm³/mol.